The Balaban J connectivity index is 0.000000242. The van der Waals surface area contributed by atoms with Crippen LogP contribution in [-0.2, 0) is 85.2 Å². The van der Waals surface area contributed by atoms with Crippen LogP contribution in [0.4, 0.5) is 28.4 Å². The van der Waals surface area contributed by atoms with Gasteiger partial charge in [0.25, 0.3) is 22.7 Å². The van der Waals surface area contributed by atoms with Crippen LogP contribution in [0.25, 0.3) is 0 Å². The quantitative estimate of drug-likeness (QED) is 0.0123. The van der Waals surface area contributed by atoms with E-state index in [4.69, 9.17) is 120 Å². The summed E-state index contributed by atoms with van der Waals surface area (Å²) in [6.45, 7) is 7.23. The molecule has 0 amide bonds. The van der Waals surface area contributed by atoms with E-state index < -0.39 is 67.7 Å². The van der Waals surface area contributed by atoms with Gasteiger partial charge in [-0.1, -0.05) is 143 Å². The smallest absolute Gasteiger partial charge is 0.344 e. The van der Waals surface area contributed by atoms with Crippen molar-refractivity contribution in [3.8, 4) is 40.2 Å². The lowest BCUT2D eigenvalue weighted by atomic mass is 10.1. The van der Waals surface area contributed by atoms with Gasteiger partial charge in [-0.05, 0) is 147 Å². The van der Waals surface area contributed by atoms with E-state index in [-0.39, 0.29) is 137 Å². The molecule has 0 aliphatic carbocycles. The molecule has 0 bridgehead atoms. The summed E-state index contributed by atoms with van der Waals surface area (Å²) in [6.07, 6.45) is 0.258. The predicted molar refractivity (Wildman–Crippen MR) is 458 cm³/mol. The average molecular weight is 1830 g/mol. The summed E-state index contributed by atoms with van der Waals surface area (Å²) in [4.78, 5) is 110. The molecule has 0 aromatic heterocycles. The van der Waals surface area contributed by atoms with Crippen molar-refractivity contribution in [2.45, 2.75) is 67.5 Å². The van der Waals surface area contributed by atoms with Gasteiger partial charge in [0.1, 0.15) is 67.5 Å². The molecule has 0 aliphatic rings. The SMILES string of the molecule is COc1cc(COC(=O)COc2ccc(C)cc2Cl)c([N+](=O)[O-])cc1CO.Cc1ccc(OCC(=O)OCCOCc2ccccc2[N+](=O)[O-])c(Cl)c1.Cc1ccc(OCC(=O)OCCOc2ccccc2[N+](=O)[O-])c(Cl)c1.Cc1ccc(OCC(=O)OCCc2ccccc2[N+](=O)[O-])c(Cl)c1.Cc1ccc(OCC(=O)OCc2cccc([N+](=O)[O-])c2)c(Cl)c1. The van der Waals surface area contributed by atoms with E-state index in [2.05, 4.69) is 0 Å². The lowest BCUT2D eigenvalue weighted by molar-refractivity contribution is -0.386. The minimum Gasteiger partial charge on any atom is -0.496 e. The third-order valence-electron chi connectivity index (χ3n) is 16.3. The van der Waals surface area contributed by atoms with Crippen molar-refractivity contribution in [1.82, 2.24) is 0 Å². The van der Waals surface area contributed by atoms with Gasteiger partial charge >= 0.3 is 35.5 Å². The van der Waals surface area contributed by atoms with Gasteiger partial charge in [0.05, 0.1) is 94.4 Å². The Morgan fingerprint density at radius 2 is 0.680 bits per heavy atom. The maximum absolute atomic E-state index is 11.9. The van der Waals surface area contributed by atoms with Gasteiger partial charge in [0, 0.05) is 53.9 Å². The summed E-state index contributed by atoms with van der Waals surface area (Å²) in [6, 6.07) is 53.0. The number of hydrogen-bond acceptors (Lipinski definition) is 29. The molecule has 0 unspecified atom stereocenters. The molecule has 39 heteroatoms. The van der Waals surface area contributed by atoms with Crippen molar-refractivity contribution >= 4 is 116 Å². The number of carbonyl (C=O) groups excluding carboxylic acids is 5. The second-order valence-corrected chi connectivity index (χ2v) is 27.9. The molecule has 10 rings (SSSR count). The van der Waals surface area contributed by atoms with Crippen LogP contribution in [0.1, 0.15) is 55.6 Å². The minimum absolute atomic E-state index is 0.00660. The highest BCUT2D eigenvalue weighted by atomic mass is 35.5. The number of carbonyl (C=O) groups is 5. The number of nitro benzene ring substituents is 5. The zero-order valence-electron chi connectivity index (χ0n) is 67.7. The normalized spacial score (nSPS) is 10.3. The Morgan fingerprint density at radius 1 is 0.312 bits per heavy atom. The first-order valence-corrected chi connectivity index (χ1v) is 38.9. The molecule has 660 valence electrons. The molecule has 0 fully saturated rings. The predicted octanol–water partition coefficient (Wildman–Crippen LogP) is 17.8. The van der Waals surface area contributed by atoms with Crippen LogP contribution in [0.5, 0.6) is 40.2 Å². The van der Waals surface area contributed by atoms with Crippen molar-refractivity contribution in [1.29, 1.82) is 0 Å². The van der Waals surface area contributed by atoms with Crippen LogP contribution in [-0.4, -0.2) is 133 Å². The highest BCUT2D eigenvalue weighted by Gasteiger charge is 2.23. The number of methoxy groups -OCH3 is 1. The Bertz CT molecular complexity index is 5390. The topological polar surface area (TPSA) is 441 Å². The molecule has 0 spiro atoms. The third-order valence-corrected chi connectivity index (χ3v) is 17.8. The number of esters is 5. The van der Waals surface area contributed by atoms with Crippen LogP contribution < -0.4 is 33.2 Å². The number of aliphatic hydroxyl groups is 1. The number of non-ortho nitro benzene ring substituents is 1. The van der Waals surface area contributed by atoms with Crippen molar-refractivity contribution in [3.63, 3.8) is 0 Å². The van der Waals surface area contributed by atoms with Crippen molar-refractivity contribution in [2.24, 2.45) is 0 Å². The summed E-state index contributed by atoms with van der Waals surface area (Å²) in [5.74, 6) is -0.727. The fourth-order valence-electron chi connectivity index (χ4n) is 10.3. The number of rotatable bonds is 38. The number of hydrogen-bond donors (Lipinski definition) is 1. The molecular formula is C86H82Cl5N5O29. The van der Waals surface area contributed by atoms with E-state index in [9.17, 15) is 79.7 Å². The second-order valence-electron chi connectivity index (χ2n) is 25.9. The Kier molecular flexibility index (Phi) is 42.3. The molecule has 1 N–H and O–H groups in total. The Morgan fingerprint density at radius 3 is 1.08 bits per heavy atom. The van der Waals surface area contributed by atoms with Gasteiger partial charge in [0.15, 0.2) is 38.8 Å². The number of nitro groups is 5. The van der Waals surface area contributed by atoms with Crippen molar-refractivity contribution < 1.29 is 115 Å². The largest absolute Gasteiger partial charge is 0.496 e. The van der Waals surface area contributed by atoms with E-state index >= 15 is 0 Å². The van der Waals surface area contributed by atoms with Crippen molar-refractivity contribution in [2.75, 3.05) is 73.2 Å². The van der Waals surface area contributed by atoms with Crippen LogP contribution in [0.3, 0.4) is 0 Å². The van der Waals surface area contributed by atoms with Gasteiger partial charge in [-0.3, -0.25) is 50.6 Å². The first-order chi connectivity index (χ1) is 59.7. The summed E-state index contributed by atoms with van der Waals surface area (Å²) < 4.78 is 67.2. The number of nitrogens with zero attached hydrogens (tertiary/aromatic N) is 5. The van der Waals surface area contributed by atoms with Gasteiger partial charge < -0.3 is 66.7 Å². The molecule has 0 saturated heterocycles. The molecule has 0 saturated carbocycles. The van der Waals surface area contributed by atoms with Crippen molar-refractivity contribution in [3.05, 3.63) is 332 Å². The maximum atomic E-state index is 11.9. The number of aryl methyl sites for hydroxylation is 5. The van der Waals surface area contributed by atoms with E-state index in [0.717, 1.165) is 27.8 Å². The minimum atomic E-state index is -0.717. The highest BCUT2D eigenvalue weighted by molar-refractivity contribution is 6.33. The summed E-state index contributed by atoms with van der Waals surface area (Å²) in [5.41, 5.74) is 6.30. The number of benzene rings is 10. The van der Waals surface area contributed by atoms with Crippen LogP contribution in [0.2, 0.25) is 25.1 Å². The van der Waals surface area contributed by atoms with Gasteiger partial charge in [0.2, 0.25) is 0 Å². The third kappa shape index (κ3) is 35.9. The zero-order chi connectivity index (χ0) is 91.5. The molecule has 10 aromatic rings. The van der Waals surface area contributed by atoms with Gasteiger partial charge in [-0.25, -0.2) is 24.0 Å². The Hall–Kier alpha value is -13.5. The summed E-state index contributed by atoms with van der Waals surface area (Å²) in [7, 11) is 1.37. The molecule has 0 heterocycles. The molecule has 0 atom stereocenters. The fraction of sp³-hybridized carbons (Fsp3) is 0.244. The van der Waals surface area contributed by atoms with E-state index in [0.29, 0.717) is 70.6 Å². The maximum Gasteiger partial charge on any atom is 0.344 e. The zero-order valence-corrected chi connectivity index (χ0v) is 71.4. The lowest BCUT2D eigenvalue weighted by Crippen LogP contribution is -2.18. The molecule has 34 nitrogen and oxygen atoms in total. The molecule has 125 heavy (non-hydrogen) atoms. The summed E-state index contributed by atoms with van der Waals surface area (Å²) in [5, 5.41) is 65.8. The van der Waals surface area contributed by atoms with Crippen LogP contribution >= 0.6 is 58.0 Å². The molecule has 0 radical (unpaired) electrons. The number of halogens is 5. The van der Waals surface area contributed by atoms with Gasteiger partial charge in [-0.15, -0.1) is 0 Å². The number of para-hydroxylation sites is 4. The average Bonchev–Trinajstić information content (AvgIpc) is 0.816. The van der Waals surface area contributed by atoms with E-state index in [1.165, 1.54) is 61.7 Å². The molecule has 10 aromatic carbocycles. The first kappa shape index (κ1) is 100. The first-order valence-electron chi connectivity index (χ1n) is 37.0. The van der Waals surface area contributed by atoms with Crippen LogP contribution in [0, 0.1) is 85.2 Å². The highest BCUT2D eigenvalue weighted by Crippen LogP contribution is 2.33. The fourth-order valence-corrected chi connectivity index (χ4v) is 11.7. The van der Waals surface area contributed by atoms with E-state index in [1.54, 1.807) is 121 Å². The monoisotopic (exact) mass is 1820 g/mol. The van der Waals surface area contributed by atoms with E-state index in [1.807, 2.05) is 58.9 Å². The molecular weight excluding hydrogens is 1740 g/mol. The molecule has 0 aliphatic heterocycles. The second kappa shape index (κ2) is 52.8. The summed E-state index contributed by atoms with van der Waals surface area (Å²) >= 11 is 30.0. The Labute approximate surface area is 739 Å². The van der Waals surface area contributed by atoms with Gasteiger partial charge in [-0.2, -0.15) is 0 Å². The van der Waals surface area contributed by atoms with Crippen LogP contribution in [0.15, 0.2) is 200 Å². The standard InChI is InChI=1S/C18H18ClNO7.C18H18ClNO6.C17H16ClNO6.C17H16ClNO5.C16H14ClNO5/c1-11-3-4-16(14(19)5-11)26-10-18(22)27-9-13-7-17(25-2)12(8-21)6-15(13)20(23)24;1-13-6-7-17(15(19)10-13)26-12-18(21)25-9-8-24-11-14-4-2-3-5-16(14)20(22)23;1-12-6-7-15(13(18)10-12)25-11-17(20)24-9-8-23-16-5-3-2-4-14(16)19(21)22;1-12-6-7-16(14(18)10-12)24-11-17(20)23-9-8-13-4-2-3-5-15(13)19(21)22;1-11-5-6-15(14(17)7-11)22-10-16(19)23-9-12-3-2-4-13(8-12)18(20)21/h3-7,21H,8-10H2,1-2H3;2-7,10H,8-9,11-12H2,1H3;2-7,10H,8-9,11H2,1H3;2-7,10H,8-9,11H2,1H3;2-8H,9-10H2,1H3. The number of aliphatic hydroxyl groups excluding tert-OH is 1. The number of ether oxygens (including phenoxy) is 13. The lowest BCUT2D eigenvalue weighted by Gasteiger charge is -2.11.